The lowest BCUT2D eigenvalue weighted by atomic mass is 9.86. The van der Waals surface area contributed by atoms with Gasteiger partial charge in [-0.25, -0.2) is 13.6 Å². The number of anilines is 2. The molecule has 3 amide bonds. The third-order valence-electron chi connectivity index (χ3n) is 14.6. The van der Waals surface area contributed by atoms with Gasteiger partial charge >= 0.3 is 5.69 Å². The molecule has 18 heteroatoms. The van der Waals surface area contributed by atoms with Crippen molar-refractivity contribution in [3.05, 3.63) is 63.7 Å². The summed E-state index contributed by atoms with van der Waals surface area (Å²) in [6.07, 6.45) is 6.77. The number of carbonyl (C=O) groups is 3. The number of fused-ring (bicyclic) bond motifs is 2. The van der Waals surface area contributed by atoms with Gasteiger partial charge in [-0.05, 0) is 113 Å². The first-order valence-corrected chi connectivity index (χ1v) is 23.8. The highest BCUT2D eigenvalue weighted by Crippen LogP contribution is 2.38. The summed E-state index contributed by atoms with van der Waals surface area (Å²) in [5.74, 6) is -0.696. The van der Waals surface area contributed by atoms with Crippen molar-refractivity contribution in [2.75, 3.05) is 88.8 Å². The maximum absolute atomic E-state index is 14.6. The van der Waals surface area contributed by atoms with Gasteiger partial charge in [0.2, 0.25) is 17.7 Å². The molecule has 2 aromatic carbocycles. The van der Waals surface area contributed by atoms with E-state index in [4.69, 9.17) is 5.41 Å². The molecule has 66 heavy (non-hydrogen) atoms. The Morgan fingerprint density at radius 3 is 2.32 bits per heavy atom. The van der Waals surface area contributed by atoms with Crippen LogP contribution in [0.3, 0.4) is 0 Å². The van der Waals surface area contributed by atoms with E-state index in [1.165, 1.54) is 6.07 Å². The number of aromatic nitrogens is 2. The van der Waals surface area contributed by atoms with E-state index in [-0.39, 0.29) is 47.5 Å². The number of amides is 3. The molecule has 3 aromatic rings. The Balaban J connectivity index is 0.818. The van der Waals surface area contributed by atoms with Crippen LogP contribution in [0.4, 0.5) is 20.2 Å². The highest BCUT2D eigenvalue weighted by atomic mass is 19.3. The second-order valence-corrected chi connectivity index (χ2v) is 18.7. The normalized spacial score (nSPS) is 22.8. The second-order valence-electron chi connectivity index (χ2n) is 18.7. The molecule has 5 N–H and O–H groups in total. The van der Waals surface area contributed by atoms with Crippen molar-refractivity contribution in [1.29, 1.82) is 10.8 Å². The fourth-order valence-corrected chi connectivity index (χ4v) is 11.0. The number of nitrogens with one attached hydrogen (secondary N) is 5. The van der Waals surface area contributed by atoms with Gasteiger partial charge in [0, 0.05) is 120 Å². The third-order valence-corrected chi connectivity index (χ3v) is 14.6. The van der Waals surface area contributed by atoms with E-state index in [0.29, 0.717) is 67.1 Å². The Morgan fingerprint density at radius 1 is 0.924 bits per heavy atom. The van der Waals surface area contributed by atoms with Gasteiger partial charge in [0.1, 0.15) is 11.9 Å². The molecule has 0 radical (unpaired) electrons. The zero-order valence-corrected chi connectivity index (χ0v) is 38.6. The standard InChI is InChI=1S/C48H66F2N12O4/c1-31(63)60-21-15-38(37(30-60)46(52)61-18-7-8-32-26-35(33(28-51)29-53-2)36(45(49)50)27-42(32)61)54-34-13-19-57(20-14-34)16-4-5-17-58-22-24-59(25-23-58)39-9-6-10-40-44(39)56(3)48(66)62(40)41-11-12-43(64)55-47(41)65/h6,9-10,26-29,34,37-38,41,45,51-54H,4-5,7-8,11-25,30H2,1-3H3,(H,55,64,65)/b33-29+,51-28?,52-46?. The van der Waals surface area contributed by atoms with Gasteiger partial charge in [-0.3, -0.25) is 39.1 Å². The first kappa shape index (κ1) is 47.0. The number of likely N-dealkylation sites (tertiary alicyclic amines) is 2. The summed E-state index contributed by atoms with van der Waals surface area (Å²) in [4.78, 5) is 61.7. The average molecular weight is 913 g/mol. The third kappa shape index (κ3) is 9.81. The maximum atomic E-state index is 14.6. The molecule has 0 spiro atoms. The summed E-state index contributed by atoms with van der Waals surface area (Å²) in [6.45, 7) is 10.7. The number of rotatable bonds is 14. The molecule has 0 saturated carbocycles. The molecular weight excluding hydrogens is 847 g/mol. The number of piperidine rings is 3. The predicted molar refractivity (Wildman–Crippen MR) is 254 cm³/mol. The summed E-state index contributed by atoms with van der Waals surface area (Å²) in [6, 6.07) is 8.70. The summed E-state index contributed by atoms with van der Waals surface area (Å²) in [5.41, 5.74) is 4.29. The summed E-state index contributed by atoms with van der Waals surface area (Å²) < 4.78 is 32.3. The Morgan fingerprint density at radius 2 is 1.65 bits per heavy atom. The van der Waals surface area contributed by atoms with E-state index in [9.17, 15) is 33.4 Å². The lowest BCUT2D eigenvalue weighted by Gasteiger charge is -2.45. The van der Waals surface area contributed by atoms with Crippen LogP contribution in [0.5, 0.6) is 0 Å². The number of imidazole rings is 1. The van der Waals surface area contributed by atoms with Crippen LogP contribution < -0.4 is 31.4 Å². The molecule has 0 bridgehead atoms. The summed E-state index contributed by atoms with van der Waals surface area (Å²) in [7, 11) is 3.43. The number of hydrogen-bond donors (Lipinski definition) is 5. The number of halogens is 2. The lowest BCUT2D eigenvalue weighted by molar-refractivity contribution is -0.136. The molecule has 3 unspecified atom stereocenters. The number of aryl methyl sites for hydroxylation is 2. The van der Waals surface area contributed by atoms with Crippen LogP contribution in [-0.2, 0) is 27.9 Å². The van der Waals surface area contributed by atoms with Crippen molar-refractivity contribution in [3.8, 4) is 0 Å². The number of allylic oxidation sites excluding steroid dienone is 1. The lowest BCUT2D eigenvalue weighted by Crippen LogP contribution is -2.59. The van der Waals surface area contributed by atoms with Gasteiger partial charge < -0.3 is 35.6 Å². The van der Waals surface area contributed by atoms with E-state index in [1.807, 2.05) is 28.0 Å². The van der Waals surface area contributed by atoms with Crippen LogP contribution in [0.15, 0.2) is 41.3 Å². The fourth-order valence-electron chi connectivity index (χ4n) is 11.0. The minimum absolute atomic E-state index is 0.0221. The Bertz CT molecular complexity index is 2400. The van der Waals surface area contributed by atoms with Gasteiger partial charge in [-0.2, -0.15) is 0 Å². The molecule has 1 aromatic heterocycles. The number of alkyl halides is 2. The van der Waals surface area contributed by atoms with Gasteiger partial charge in [0.15, 0.2) is 0 Å². The predicted octanol–water partition coefficient (Wildman–Crippen LogP) is 4.09. The van der Waals surface area contributed by atoms with Crippen molar-refractivity contribution in [1.82, 2.24) is 39.8 Å². The number of benzene rings is 2. The summed E-state index contributed by atoms with van der Waals surface area (Å²) in [5, 5.41) is 26.7. The number of hydrogen-bond acceptors (Lipinski definition) is 11. The SMILES string of the molecule is CN/C=C(\C=N)c1cc2c(cc1C(F)F)N(C(=N)C1CN(C(C)=O)CCC1NC1CCN(CCCCN3CCN(c4cccc5c4n(C)c(=O)n5C4CCC(=O)NC4=O)CC3)CC1)CCC2. The van der Waals surface area contributed by atoms with Crippen molar-refractivity contribution in [2.24, 2.45) is 13.0 Å². The van der Waals surface area contributed by atoms with Crippen molar-refractivity contribution < 1.29 is 23.2 Å². The monoisotopic (exact) mass is 913 g/mol. The van der Waals surface area contributed by atoms with Gasteiger partial charge in [-0.1, -0.05) is 6.07 Å². The zero-order valence-electron chi connectivity index (χ0n) is 38.6. The molecule has 6 heterocycles. The molecule has 5 aliphatic rings. The molecule has 5 aliphatic heterocycles. The Hall–Kier alpha value is -5.46. The second kappa shape index (κ2) is 20.6. The van der Waals surface area contributed by atoms with Gasteiger partial charge in [0.05, 0.1) is 16.7 Å². The molecule has 4 fully saturated rings. The summed E-state index contributed by atoms with van der Waals surface area (Å²) >= 11 is 0. The van der Waals surface area contributed by atoms with Crippen LogP contribution in [0.1, 0.15) is 87.4 Å². The van der Waals surface area contributed by atoms with E-state index >= 15 is 0 Å². The highest BCUT2D eigenvalue weighted by Gasteiger charge is 2.39. The number of piperazine rings is 1. The topological polar surface area (TPSA) is 178 Å². The van der Waals surface area contributed by atoms with Gasteiger partial charge in [0.25, 0.3) is 6.43 Å². The molecular formula is C48H66F2N12O4. The first-order chi connectivity index (χ1) is 31.9. The average Bonchev–Trinajstić information content (AvgIpc) is 3.57. The first-order valence-electron chi connectivity index (χ1n) is 23.8. The molecule has 0 aliphatic carbocycles. The van der Waals surface area contributed by atoms with Crippen LogP contribution >= 0.6 is 0 Å². The minimum atomic E-state index is -2.75. The van der Waals surface area contributed by atoms with E-state index < -0.39 is 18.4 Å². The maximum Gasteiger partial charge on any atom is 0.329 e. The zero-order chi connectivity index (χ0) is 46.6. The Kier molecular flexibility index (Phi) is 14.7. The quantitative estimate of drug-likeness (QED) is 0.0686. The fraction of sp³-hybridized carbons (Fsp3) is 0.583. The van der Waals surface area contributed by atoms with E-state index in [0.717, 1.165) is 107 Å². The number of imide groups is 1. The number of para-hydroxylation sites is 1. The van der Waals surface area contributed by atoms with E-state index in [2.05, 4.69) is 30.7 Å². The molecule has 3 atom stereocenters. The molecule has 8 rings (SSSR count). The van der Waals surface area contributed by atoms with Crippen molar-refractivity contribution in [2.45, 2.75) is 89.3 Å². The van der Waals surface area contributed by atoms with Crippen LogP contribution in [0.25, 0.3) is 16.6 Å². The van der Waals surface area contributed by atoms with Gasteiger partial charge in [-0.15, -0.1) is 0 Å². The van der Waals surface area contributed by atoms with Crippen LogP contribution in [0, 0.1) is 16.7 Å². The molecule has 356 valence electrons. The number of carbonyl (C=O) groups excluding carboxylic acids is 3. The van der Waals surface area contributed by atoms with Crippen LogP contribution in [0.2, 0.25) is 0 Å². The van der Waals surface area contributed by atoms with Crippen molar-refractivity contribution >= 4 is 57.8 Å². The molecule has 16 nitrogen and oxygen atoms in total. The largest absolute Gasteiger partial charge is 0.393 e. The number of unbranched alkanes of at least 4 members (excludes halogenated alkanes) is 1. The smallest absolute Gasteiger partial charge is 0.329 e. The highest BCUT2D eigenvalue weighted by molar-refractivity contribution is 6.09. The van der Waals surface area contributed by atoms with Crippen molar-refractivity contribution in [3.63, 3.8) is 0 Å². The van der Waals surface area contributed by atoms with Crippen LogP contribution in [-0.4, -0.2) is 145 Å². The minimum Gasteiger partial charge on any atom is -0.393 e. The number of nitrogens with zero attached hydrogens (tertiary/aromatic N) is 7. The van der Waals surface area contributed by atoms with E-state index in [1.54, 1.807) is 42.4 Å². The Labute approximate surface area is 385 Å². The number of amidine groups is 1. The molecule has 4 saturated heterocycles.